The van der Waals surface area contributed by atoms with Crippen molar-refractivity contribution in [3.63, 3.8) is 0 Å². The van der Waals surface area contributed by atoms with Crippen molar-refractivity contribution >= 4 is 6.09 Å². The molecule has 5 unspecified atom stereocenters. The summed E-state index contributed by atoms with van der Waals surface area (Å²) in [6, 6.07) is 17.3. The standard InChI is InChI=1S/C27H33NO2/c1-5-28(26(29)30-23-15-18(4)11-13-21(23)17(2)3)25-22-14-12-20-16-27(20,22)24(25)19-9-7-6-8-10-19/h6-11,13,15,17,20,22,24-25H,5,12,14,16H2,1-4H3. The van der Waals surface area contributed by atoms with Gasteiger partial charge in [0.25, 0.3) is 0 Å². The van der Waals surface area contributed by atoms with Gasteiger partial charge in [-0.3, -0.25) is 0 Å². The van der Waals surface area contributed by atoms with Gasteiger partial charge in [-0.05, 0) is 79.0 Å². The summed E-state index contributed by atoms with van der Waals surface area (Å²) in [7, 11) is 0. The minimum absolute atomic E-state index is 0.185. The Morgan fingerprint density at radius 1 is 1.17 bits per heavy atom. The van der Waals surface area contributed by atoms with Crippen molar-refractivity contribution in [3.05, 3.63) is 65.2 Å². The molecule has 3 fully saturated rings. The Morgan fingerprint density at radius 3 is 2.60 bits per heavy atom. The zero-order valence-electron chi connectivity index (χ0n) is 18.6. The van der Waals surface area contributed by atoms with E-state index in [1.165, 1.54) is 24.8 Å². The zero-order chi connectivity index (χ0) is 21.0. The molecule has 3 aliphatic carbocycles. The summed E-state index contributed by atoms with van der Waals surface area (Å²) in [5, 5.41) is 0. The number of likely N-dealkylation sites (N-methyl/N-ethyl adjacent to an activating group) is 1. The lowest BCUT2D eigenvalue weighted by atomic mass is 9.55. The number of nitrogens with zero attached hydrogens (tertiary/aromatic N) is 1. The predicted molar refractivity (Wildman–Crippen MR) is 120 cm³/mol. The quantitative estimate of drug-likeness (QED) is 0.569. The first-order chi connectivity index (χ1) is 14.5. The third kappa shape index (κ3) is 2.81. The summed E-state index contributed by atoms with van der Waals surface area (Å²) in [5.74, 6) is 2.97. The Bertz CT molecular complexity index is 953. The normalized spacial score (nSPS) is 31.0. The van der Waals surface area contributed by atoms with Crippen LogP contribution < -0.4 is 4.74 Å². The Balaban J connectivity index is 1.44. The minimum Gasteiger partial charge on any atom is -0.410 e. The molecule has 0 aliphatic heterocycles. The lowest BCUT2D eigenvalue weighted by Crippen LogP contribution is -2.61. The molecular formula is C27H33NO2. The molecule has 158 valence electrons. The van der Waals surface area contributed by atoms with Gasteiger partial charge in [-0.1, -0.05) is 56.3 Å². The molecule has 3 nitrogen and oxygen atoms in total. The number of hydrogen-bond donors (Lipinski definition) is 0. The van der Waals surface area contributed by atoms with Crippen molar-refractivity contribution in [2.24, 2.45) is 17.3 Å². The maximum atomic E-state index is 13.5. The lowest BCUT2D eigenvalue weighted by molar-refractivity contribution is -0.0204. The van der Waals surface area contributed by atoms with Gasteiger partial charge in [0.1, 0.15) is 5.75 Å². The van der Waals surface area contributed by atoms with Gasteiger partial charge >= 0.3 is 6.09 Å². The monoisotopic (exact) mass is 403 g/mol. The fourth-order valence-corrected chi connectivity index (χ4v) is 6.76. The maximum Gasteiger partial charge on any atom is 0.415 e. The molecule has 3 heteroatoms. The SMILES string of the molecule is CCN(C(=O)Oc1cc(C)ccc1C(C)C)C1C2CCC3CC32C1c1ccccc1. The first-order valence-corrected chi connectivity index (χ1v) is 11.6. The Labute approximate surface area is 180 Å². The van der Waals surface area contributed by atoms with Gasteiger partial charge in [-0.2, -0.15) is 0 Å². The highest BCUT2D eigenvalue weighted by Crippen LogP contribution is 2.81. The molecule has 1 amide bonds. The van der Waals surface area contributed by atoms with Crippen molar-refractivity contribution < 1.29 is 9.53 Å². The van der Waals surface area contributed by atoms with Gasteiger partial charge in [0.15, 0.2) is 0 Å². The van der Waals surface area contributed by atoms with Crippen molar-refractivity contribution in [1.82, 2.24) is 4.90 Å². The van der Waals surface area contributed by atoms with E-state index in [-0.39, 0.29) is 12.1 Å². The van der Waals surface area contributed by atoms with Gasteiger partial charge in [0.2, 0.25) is 0 Å². The van der Waals surface area contributed by atoms with Crippen LogP contribution in [0.15, 0.2) is 48.5 Å². The molecule has 0 N–H and O–H groups in total. The number of benzene rings is 2. The van der Waals surface area contributed by atoms with Crippen molar-refractivity contribution in [1.29, 1.82) is 0 Å². The summed E-state index contributed by atoms with van der Waals surface area (Å²) in [4.78, 5) is 15.5. The molecule has 1 spiro atoms. The highest BCUT2D eigenvalue weighted by molar-refractivity contribution is 5.72. The molecule has 0 bridgehead atoms. The molecule has 3 aliphatic rings. The van der Waals surface area contributed by atoms with Crippen LogP contribution in [0.3, 0.4) is 0 Å². The second kappa shape index (κ2) is 7.14. The average Bonchev–Trinajstić information content (AvgIpc) is 3.38. The van der Waals surface area contributed by atoms with Gasteiger partial charge in [-0.15, -0.1) is 0 Å². The summed E-state index contributed by atoms with van der Waals surface area (Å²) < 4.78 is 6.06. The van der Waals surface area contributed by atoms with E-state index >= 15 is 0 Å². The van der Waals surface area contributed by atoms with Gasteiger partial charge in [0, 0.05) is 18.5 Å². The van der Waals surface area contributed by atoms with Crippen LogP contribution in [0, 0.1) is 24.2 Å². The summed E-state index contributed by atoms with van der Waals surface area (Å²) in [6.45, 7) is 9.12. The number of carbonyl (C=O) groups is 1. The number of hydrogen-bond acceptors (Lipinski definition) is 2. The maximum absolute atomic E-state index is 13.5. The molecule has 0 aromatic heterocycles. The largest absolute Gasteiger partial charge is 0.415 e. The third-order valence-corrected chi connectivity index (χ3v) is 8.13. The molecule has 2 aromatic rings. The molecule has 5 rings (SSSR count). The van der Waals surface area contributed by atoms with E-state index < -0.39 is 0 Å². The molecule has 5 atom stereocenters. The van der Waals surface area contributed by atoms with E-state index in [9.17, 15) is 4.79 Å². The summed E-state index contributed by atoms with van der Waals surface area (Å²) >= 11 is 0. The first kappa shape index (κ1) is 19.7. The molecule has 30 heavy (non-hydrogen) atoms. The van der Waals surface area contributed by atoms with Gasteiger partial charge in [0.05, 0.1) is 0 Å². The number of aryl methyl sites for hydroxylation is 1. The Hall–Kier alpha value is -2.29. The summed E-state index contributed by atoms with van der Waals surface area (Å²) in [5.41, 5.74) is 4.06. The number of amides is 1. The topological polar surface area (TPSA) is 29.5 Å². The fraction of sp³-hybridized carbons (Fsp3) is 0.519. The Morgan fingerprint density at radius 2 is 1.93 bits per heavy atom. The highest BCUT2D eigenvalue weighted by atomic mass is 16.6. The summed E-state index contributed by atoms with van der Waals surface area (Å²) in [6.07, 6.45) is 3.74. The van der Waals surface area contributed by atoms with E-state index in [2.05, 4.69) is 63.2 Å². The number of carbonyl (C=O) groups excluding carboxylic acids is 1. The van der Waals surface area contributed by atoms with E-state index in [0.29, 0.717) is 29.7 Å². The smallest absolute Gasteiger partial charge is 0.410 e. The van der Waals surface area contributed by atoms with Crippen LogP contribution in [0.2, 0.25) is 0 Å². The lowest BCUT2D eigenvalue weighted by Gasteiger charge is -2.56. The molecule has 0 heterocycles. The minimum atomic E-state index is -0.185. The van der Waals surface area contributed by atoms with Crippen LogP contribution in [-0.2, 0) is 0 Å². The number of rotatable bonds is 5. The van der Waals surface area contributed by atoms with Crippen molar-refractivity contribution in [2.75, 3.05) is 6.54 Å². The third-order valence-electron chi connectivity index (χ3n) is 8.13. The van der Waals surface area contributed by atoms with Crippen LogP contribution in [0.25, 0.3) is 0 Å². The van der Waals surface area contributed by atoms with Crippen LogP contribution in [0.5, 0.6) is 5.75 Å². The van der Waals surface area contributed by atoms with Gasteiger partial charge < -0.3 is 9.64 Å². The van der Waals surface area contributed by atoms with Crippen LogP contribution in [0.1, 0.15) is 68.6 Å². The second-order valence-electron chi connectivity index (χ2n) is 9.93. The average molecular weight is 404 g/mol. The molecule has 3 saturated carbocycles. The first-order valence-electron chi connectivity index (χ1n) is 11.6. The van der Waals surface area contributed by atoms with E-state index in [0.717, 1.165) is 22.8 Å². The number of ether oxygens (including phenoxy) is 1. The molecule has 0 saturated heterocycles. The van der Waals surface area contributed by atoms with E-state index in [4.69, 9.17) is 4.74 Å². The zero-order valence-corrected chi connectivity index (χ0v) is 18.6. The van der Waals surface area contributed by atoms with Gasteiger partial charge in [-0.25, -0.2) is 4.79 Å². The molecular weight excluding hydrogens is 370 g/mol. The highest BCUT2D eigenvalue weighted by Gasteiger charge is 2.77. The van der Waals surface area contributed by atoms with E-state index in [1.807, 2.05) is 17.9 Å². The van der Waals surface area contributed by atoms with Crippen molar-refractivity contribution in [3.8, 4) is 5.75 Å². The Kier molecular flexibility index (Phi) is 4.68. The molecule has 2 aromatic carbocycles. The van der Waals surface area contributed by atoms with E-state index in [1.54, 1.807) is 0 Å². The second-order valence-corrected chi connectivity index (χ2v) is 9.93. The predicted octanol–water partition coefficient (Wildman–Crippen LogP) is 6.52. The van der Waals surface area contributed by atoms with Crippen molar-refractivity contribution in [2.45, 2.75) is 64.8 Å². The van der Waals surface area contributed by atoms with Crippen LogP contribution >= 0.6 is 0 Å². The fourth-order valence-electron chi connectivity index (χ4n) is 6.76. The van der Waals surface area contributed by atoms with Crippen LogP contribution in [-0.4, -0.2) is 23.6 Å². The molecule has 0 radical (unpaired) electrons. The van der Waals surface area contributed by atoms with Crippen LogP contribution in [0.4, 0.5) is 4.79 Å².